The predicted molar refractivity (Wildman–Crippen MR) is 199 cm³/mol. The number of methoxy groups -OCH3 is 3. The normalized spacial score (nSPS) is 28.1. The first-order chi connectivity index (χ1) is 27.0. The Labute approximate surface area is 322 Å². The lowest BCUT2D eigenvalue weighted by molar-refractivity contribution is -0.368. The standard InChI is InChI=1S/C43H50O12/c1-46-36-34(44)37(41(45)47-2)55-43(39(36)51-26-31-20-12-6-13-21-31)54-35-33(28-49-24-29-16-8-4-9-17-29)53-42(48-3)40(52-27-32-22-14-7-15-23-32)38(35)50-25-30-18-10-5-11-19-30/h4-23,33-40,42-44H,24-28H2,1-3H3/t33-,34+,35-,36+,37-,38+,39-,40-,42+,43-/m1/s1. The van der Waals surface area contributed by atoms with Crippen LogP contribution in [0.15, 0.2) is 121 Å². The zero-order valence-electron chi connectivity index (χ0n) is 31.3. The number of rotatable bonds is 18. The largest absolute Gasteiger partial charge is 0.467 e. The summed E-state index contributed by atoms with van der Waals surface area (Å²) in [6.45, 7) is 0.938. The van der Waals surface area contributed by atoms with Crippen LogP contribution in [0, 0.1) is 0 Å². The van der Waals surface area contributed by atoms with E-state index in [9.17, 15) is 9.90 Å². The third-order valence-electron chi connectivity index (χ3n) is 9.59. The van der Waals surface area contributed by atoms with Gasteiger partial charge in [-0.1, -0.05) is 121 Å². The van der Waals surface area contributed by atoms with Crippen molar-refractivity contribution >= 4 is 5.97 Å². The monoisotopic (exact) mass is 758 g/mol. The number of aliphatic hydroxyl groups excluding tert-OH is 1. The molecule has 6 rings (SSSR count). The maximum Gasteiger partial charge on any atom is 0.337 e. The smallest absolute Gasteiger partial charge is 0.337 e. The fraction of sp³-hybridized carbons (Fsp3) is 0.419. The van der Waals surface area contributed by atoms with Crippen molar-refractivity contribution in [3.8, 4) is 0 Å². The van der Waals surface area contributed by atoms with Crippen LogP contribution in [0.1, 0.15) is 22.3 Å². The molecule has 2 aliphatic heterocycles. The number of hydrogen-bond acceptors (Lipinski definition) is 12. The van der Waals surface area contributed by atoms with Crippen LogP contribution in [0.3, 0.4) is 0 Å². The van der Waals surface area contributed by atoms with Crippen molar-refractivity contribution in [1.29, 1.82) is 0 Å². The van der Waals surface area contributed by atoms with Crippen molar-refractivity contribution in [3.05, 3.63) is 144 Å². The van der Waals surface area contributed by atoms with Gasteiger partial charge in [-0.2, -0.15) is 0 Å². The van der Waals surface area contributed by atoms with Gasteiger partial charge in [-0.05, 0) is 22.3 Å². The van der Waals surface area contributed by atoms with Crippen LogP contribution in [0.5, 0.6) is 0 Å². The van der Waals surface area contributed by atoms with E-state index in [2.05, 4.69) is 0 Å². The summed E-state index contributed by atoms with van der Waals surface area (Å²) in [7, 11) is 4.19. The molecule has 4 aromatic rings. The number of carbonyl (C=O) groups excluding carboxylic acids is 1. The fourth-order valence-electron chi connectivity index (χ4n) is 6.75. The molecule has 12 heteroatoms. The quantitative estimate of drug-likeness (QED) is 0.137. The van der Waals surface area contributed by atoms with Crippen LogP contribution in [0.25, 0.3) is 0 Å². The van der Waals surface area contributed by atoms with Crippen molar-refractivity contribution in [2.24, 2.45) is 0 Å². The zero-order chi connectivity index (χ0) is 38.4. The minimum Gasteiger partial charge on any atom is -0.467 e. The van der Waals surface area contributed by atoms with E-state index in [0.717, 1.165) is 22.3 Å². The van der Waals surface area contributed by atoms with Crippen molar-refractivity contribution in [2.45, 2.75) is 87.8 Å². The predicted octanol–water partition coefficient (Wildman–Crippen LogP) is 4.99. The van der Waals surface area contributed by atoms with Crippen LogP contribution >= 0.6 is 0 Å². The zero-order valence-corrected chi connectivity index (χ0v) is 31.3. The van der Waals surface area contributed by atoms with Gasteiger partial charge in [0.05, 0.1) is 40.1 Å². The third-order valence-corrected chi connectivity index (χ3v) is 9.59. The highest BCUT2D eigenvalue weighted by atomic mass is 16.8. The van der Waals surface area contributed by atoms with Gasteiger partial charge in [0.1, 0.15) is 42.7 Å². The molecule has 2 saturated heterocycles. The summed E-state index contributed by atoms with van der Waals surface area (Å²) in [4.78, 5) is 13.0. The van der Waals surface area contributed by atoms with E-state index in [1.54, 1.807) is 7.11 Å². The molecule has 2 heterocycles. The van der Waals surface area contributed by atoms with Crippen molar-refractivity contribution in [1.82, 2.24) is 0 Å². The summed E-state index contributed by atoms with van der Waals surface area (Å²) < 4.78 is 62.5. The van der Waals surface area contributed by atoms with Gasteiger partial charge < -0.3 is 52.5 Å². The number of aliphatic hydroxyl groups is 1. The van der Waals surface area contributed by atoms with Gasteiger partial charge in [-0.15, -0.1) is 0 Å². The first kappa shape index (κ1) is 40.6. The molecule has 0 amide bonds. The molecule has 1 N–H and O–H groups in total. The Morgan fingerprint density at radius 1 is 0.545 bits per heavy atom. The molecule has 55 heavy (non-hydrogen) atoms. The fourth-order valence-corrected chi connectivity index (χ4v) is 6.75. The van der Waals surface area contributed by atoms with Crippen molar-refractivity contribution in [3.63, 3.8) is 0 Å². The van der Waals surface area contributed by atoms with Crippen LogP contribution < -0.4 is 0 Å². The summed E-state index contributed by atoms with van der Waals surface area (Å²) >= 11 is 0. The number of carbonyl (C=O) groups is 1. The third kappa shape index (κ3) is 10.8. The van der Waals surface area contributed by atoms with E-state index >= 15 is 0 Å². The molecule has 0 saturated carbocycles. The number of ether oxygens (including phenoxy) is 10. The highest BCUT2D eigenvalue weighted by molar-refractivity contribution is 5.75. The van der Waals surface area contributed by atoms with Crippen LogP contribution in [-0.4, -0.2) is 100 Å². The number of benzene rings is 4. The van der Waals surface area contributed by atoms with E-state index in [1.165, 1.54) is 14.2 Å². The molecule has 0 aromatic heterocycles. The average molecular weight is 759 g/mol. The average Bonchev–Trinajstić information content (AvgIpc) is 3.23. The summed E-state index contributed by atoms with van der Waals surface area (Å²) in [6, 6.07) is 38.8. The molecule has 4 aromatic carbocycles. The van der Waals surface area contributed by atoms with E-state index in [1.807, 2.05) is 121 Å². The van der Waals surface area contributed by atoms with Crippen molar-refractivity contribution < 1.29 is 57.3 Å². The first-order valence-electron chi connectivity index (χ1n) is 18.3. The molecular weight excluding hydrogens is 708 g/mol. The van der Waals surface area contributed by atoms with Crippen LogP contribution in [0.4, 0.5) is 0 Å². The van der Waals surface area contributed by atoms with Crippen LogP contribution in [-0.2, 0) is 78.6 Å². The Bertz CT molecular complexity index is 1680. The molecule has 12 nitrogen and oxygen atoms in total. The van der Waals surface area contributed by atoms with Gasteiger partial charge in [0.2, 0.25) is 0 Å². The molecule has 0 spiro atoms. The molecule has 0 bridgehead atoms. The molecule has 10 atom stereocenters. The first-order valence-corrected chi connectivity index (χ1v) is 18.3. The molecular formula is C43H50O12. The highest BCUT2D eigenvalue weighted by Gasteiger charge is 2.55. The van der Waals surface area contributed by atoms with Crippen LogP contribution in [0.2, 0.25) is 0 Å². The summed E-state index contributed by atoms with van der Waals surface area (Å²) in [6.07, 6.45) is -10.5. The summed E-state index contributed by atoms with van der Waals surface area (Å²) in [5.74, 6) is -0.798. The summed E-state index contributed by atoms with van der Waals surface area (Å²) in [5.41, 5.74) is 3.71. The molecule has 2 fully saturated rings. The van der Waals surface area contributed by atoms with Gasteiger partial charge >= 0.3 is 5.97 Å². The van der Waals surface area contributed by atoms with E-state index in [-0.39, 0.29) is 26.4 Å². The maximum absolute atomic E-state index is 13.0. The molecule has 2 aliphatic rings. The topological polar surface area (TPSA) is 130 Å². The Morgan fingerprint density at radius 3 is 1.45 bits per heavy atom. The maximum atomic E-state index is 13.0. The van der Waals surface area contributed by atoms with E-state index in [4.69, 9.17) is 47.4 Å². The second-order valence-electron chi connectivity index (χ2n) is 13.3. The Kier molecular flexibility index (Phi) is 15.3. The molecule has 0 aliphatic carbocycles. The minimum absolute atomic E-state index is 0.0645. The van der Waals surface area contributed by atoms with Gasteiger partial charge in [0.25, 0.3) is 0 Å². The number of esters is 1. The lowest BCUT2D eigenvalue weighted by atomic mass is 9.96. The van der Waals surface area contributed by atoms with Gasteiger partial charge in [-0.25, -0.2) is 4.79 Å². The second kappa shape index (κ2) is 20.7. The molecule has 0 radical (unpaired) electrons. The molecule has 294 valence electrons. The van der Waals surface area contributed by atoms with E-state index < -0.39 is 67.4 Å². The lowest BCUT2D eigenvalue weighted by Gasteiger charge is -2.49. The van der Waals surface area contributed by atoms with Crippen molar-refractivity contribution in [2.75, 3.05) is 27.9 Å². The van der Waals surface area contributed by atoms with Gasteiger partial charge in [0.15, 0.2) is 18.7 Å². The highest BCUT2D eigenvalue weighted by Crippen LogP contribution is 2.35. The number of hydrogen-bond donors (Lipinski definition) is 1. The Balaban J connectivity index is 1.36. The SMILES string of the molecule is COC(=O)[C@@H]1O[C@@H](O[C@H]2[C@H](OCc3ccccc3)[C@@H](OCc3ccccc3)[C@@H](OC)O[C@@H]2COCc2ccccc2)[C@H](OCc2ccccc2)[C@@H](OC)[C@@H]1O. The Morgan fingerprint density at radius 2 is 1.00 bits per heavy atom. The second-order valence-corrected chi connectivity index (χ2v) is 13.3. The van der Waals surface area contributed by atoms with Gasteiger partial charge in [-0.3, -0.25) is 0 Å². The lowest BCUT2D eigenvalue weighted by Crippen LogP contribution is -2.66. The molecule has 0 unspecified atom stereocenters. The Hall–Kier alpha value is -4.05. The summed E-state index contributed by atoms with van der Waals surface area (Å²) in [5, 5.41) is 11.4. The van der Waals surface area contributed by atoms with E-state index in [0.29, 0.717) is 6.61 Å². The minimum atomic E-state index is -1.45. The van der Waals surface area contributed by atoms with Gasteiger partial charge in [0, 0.05) is 14.2 Å².